The van der Waals surface area contributed by atoms with Crippen molar-refractivity contribution in [3.05, 3.63) is 47.5 Å². The van der Waals surface area contributed by atoms with Gasteiger partial charge in [-0.05, 0) is 54.9 Å². The summed E-state index contributed by atoms with van der Waals surface area (Å²) in [5.41, 5.74) is 4.78. The van der Waals surface area contributed by atoms with Crippen LogP contribution in [-0.2, 0) is 0 Å². The van der Waals surface area contributed by atoms with Crippen molar-refractivity contribution in [2.45, 2.75) is 45.4 Å². The van der Waals surface area contributed by atoms with Crippen LogP contribution in [0.15, 0.2) is 40.8 Å². The fourth-order valence-electron chi connectivity index (χ4n) is 3.95. The number of fused-ring (bicyclic) bond motifs is 3. The molecule has 4 rings (SSSR count). The monoisotopic (exact) mass is 278 g/mol. The van der Waals surface area contributed by atoms with Crippen LogP contribution in [0.25, 0.3) is 21.9 Å². The van der Waals surface area contributed by atoms with Gasteiger partial charge in [-0.15, -0.1) is 0 Å². The van der Waals surface area contributed by atoms with Crippen molar-refractivity contribution < 1.29 is 4.42 Å². The van der Waals surface area contributed by atoms with Crippen LogP contribution in [0.2, 0.25) is 0 Å². The van der Waals surface area contributed by atoms with E-state index in [0.29, 0.717) is 0 Å². The number of aryl methyl sites for hydroxylation is 1. The fraction of sp³-hybridized carbons (Fsp3) is 0.400. The molecule has 2 unspecified atom stereocenters. The van der Waals surface area contributed by atoms with Crippen molar-refractivity contribution in [1.82, 2.24) is 0 Å². The van der Waals surface area contributed by atoms with Crippen molar-refractivity contribution in [1.29, 1.82) is 0 Å². The van der Waals surface area contributed by atoms with Gasteiger partial charge in [0.25, 0.3) is 0 Å². The predicted molar refractivity (Wildman–Crippen MR) is 88.8 cm³/mol. The van der Waals surface area contributed by atoms with Gasteiger partial charge in [0.15, 0.2) is 0 Å². The molecule has 1 saturated carbocycles. The SMILES string of the molecule is Cc1cccc2c1oc1ccc(C3CCCC(C)C3)cc12. The summed E-state index contributed by atoms with van der Waals surface area (Å²) in [6.07, 6.45) is 5.44. The normalized spacial score (nSPS) is 23.0. The number of para-hydroxylation sites is 1. The highest BCUT2D eigenvalue weighted by Gasteiger charge is 2.21. The zero-order chi connectivity index (χ0) is 14.4. The van der Waals surface area contributed by atoms with E-state index < -0.39 is 0 Å². The Hall–Kier alpha value is -1.76. The summed E-state index contributed by atoms with van der Waals surface area (Å²) < 4.78 is 6.05. The molecule has 0 saturated heterocycles. The maximum Gasteiger partial charge on any atom is 0.138 e. The number of hydrogen-bond acceptors (Lipinski definition) is 1. The maximum absolute atomic E-state index is 6.05. The van der Waals surface area contributed by atoms with Crippen LogP contribution in [0.1, 0.15) is 49.7 Å². The zero-order valence-corrected chi connectivity index (χ0v) is 12.9. The molecule has 1 aliphatic rings. The van der Waals surface area contributed by atoms with Gasteiger partial charge >= 0.3 is 0 Å². The van der Waals surface area contributed by atoms with Gasteiger partial charge in [0.2, 0.25) is 0 Å². The second-order valence-corrected chi connectivity index (χ2v) is 6.78. The largest absolute Gasteiger partial charge is 0.456 e. The first-order valence-electron chi connectivity index (χ1n) is 8.14. The Morgan fingerprint density at radius 1 is 1.05 bits per heavy atom. The van der Waals surface area contributed by atoms with Crippen LogP contribution in [0.3, 0.4) is 0 Å². The highest BCUT2D eigenvalue weighted by Crippen LogP contribution is 2.38. The molecular formula is C20H22O. The average molecular weight is 278 g/mol. The first-order valence-corrected chi connectivity index (χ1v) is 8.14. The summed E-state index contributed by atoms with van der Waals surface area (Å²) in [7, 11) is 0. The molecule has 1 heterocycles. The Morgan fingerprint density at radius 2 is 1.95 bits per heavy atom. The molecule has 0 aliphatic heterocycles. The minimum Gasteiger partial charge on any atom is -0.456 e. The Morgan fingerprint density at radius 3 is 2.81 bits per heavy atom. The molecule has 108 valence electrons. The summed E-state index contributed by atoms with van der Waals surface area (Å²) in [5, 5.41) is 2.54. The minimum atomic E-state index is 0.730. The standard InChI is InChI=1S/C20H22O/c1-13-5-3-7-15(11-13)16-9-10-19-18(12-16)17-8-4-6-14(2)20(17)21-19/h4,6,8-10,12-13,15H,3,5,7,11H2,1-2H3. The molecule has 0 amide bonds. The molecule has 0 N–H and O–H groups in total. The first kappa shape index (κ1) is 12.9. The van der Waals surface area contributed by atoms with Gasteiger partial charge in [0.1, 0.15) is 11.2 Å². The van der Waals surface area contributed by atoms with Crippen molar-refractivity contribution in [2.75, 3.05) is 0 Å². The van der Waals surface area contributed by atoms with Crippen LogP contribution in [-0.4, -0.2) is 0 Å². The maximum atomic E-state index is 6.05. The van der Waals surface area contributed by atoms with E-state index in [-0.39, 0.29) is 0 Å². The predicted octanol–water partition coefficient (Wildman–Crippen LogP) is 6.19. The molecule has 3 aromatic rings. The Labute approximate surface area is 126 Å². The van der Waals surface area contributed by atoms with Gasteiger partial charge in [-0.25, -0.2) is 0 Å². The van der Waals surface area contributed by atoms with Crippen LogP contribution in [0.4, 0.5) is 0 Å². The smallest absolute Gasteiger partial charge is 0.138 e. The summed E-state index contributed by atoms with van der Waals surface area (Å²) >= 11 is 0. The Kier molecular flexibility index (Phi) is 3.02. The highest BCUT2D eigenvalue weighted by atomic mass is 16.3. The van der Waals surface area contributed by atoms with Gasteiger partial charge in [-0.1, -0.05) is 44.0 Å². The topological polar surface area (TPSA) is 13.1 Å². The van der Waals surface area contributed by atoms with E-state index in [0.717, 1.165) is 23.0 Å². The molecule has 1 aromatic heterocycles. The average Bonchev–Trinajstić information content (AvgIpc) is 2.87. The van der Waals surface area contributed by atoms with E-state index in [1.807, 2.05) is 0 Å². The molecule has 0 spiro atoms. The van der Waals surface area contributed by atoms with E-state index >= 15 is 0 Å². The van der Waals surface area contributed by atoms with E-state index in [9.17, 15) is 0 Å². The second-order valence-electron chi connectivity index (χ2n) is 6.78. The van der Waals surface area contributed by atoms with Crippen molar-refractivity contribution in [3.8, 4) is 0 Å². The van der Waals surface area contributed by atoms with Crippen LogP contribution in [0, 0.1) is 12.8 Å². The lowest BCUT2D eigenvalue weighted by atomic mass is 9.78. The molecule has 1 nitrogen and oxygen atoms in total. The van der Waals surface area contributed by atoms with E-state index in [2.05, 4.69) is 50.2 Å². The quantitative estimate of drug-likeness (QED) is 0.517. The highest BCUT2D eigenvalue weighted by molar-refractivity contribution is 6.06. The number of hydrogen-bond donors (Lipinski definition) is 0. The van der Waals surface area contributed by atoms with Crippen LogP contribution in [0.5, 0.6) is 0 Å². The van der Waals surface area contributed by atoms with Crippen LogP contribution < -0.4 is 0 Å². The Bertz CT molecular complexity index is 796. The van der Waals surface area contributed by atoms with Gasteiger partial charge in [0.05, 0.1) is 0 Å². The lowest BCUT2D eigenvalue weighted by Crippen LogP contribution is -2.11. The van der Waals surface area contributed by atoms with Gasteiger partial charge < -0.3 is 4.42 Å². The minimum absolute atomic E-state index is 0.730. The molecule has 21 heavy (non-hydrogen) atoms. The van der Waals surface area contributed by atoms with Crippen LogP contribution >= 0.6 is 0 Å². The van der Waals surface area contributed by atoms with Crippen molar-refractivity contribution >= 4 is 21.9 Å². The second kappa shape index (κ2) is 4.91. The molecular weight excluding hydrogens is 256 g/mol. The number of furan rings is 1. The van der Waals surface area contributed by atoms with E-state index in [4.69, 9.17) is 4.42 Å². The third-order valence-corrected chi connectivity index (χ3v) is 5.13. The lowest BCUT2D eigenvalue weighted by Gasteiger charge is -2.27. The molecule has 2 atom stereocenters. The molecule has 1 aliphatic carbocycles. The third-order valence-electron chi connectivity index (χ3n) is 5.13. The molecule has 0 bridgehead atoms. The molecule has 1 heteroatoms. The van der Waals surface area contributed by atoms with E-state index in [1.54, 1.807) is 0 Å². The fourth-order valence-corrected chi connectivity index (χ4v) is 3.95. The van der Waals surface area contributed by atoms with Crippen molar-refractivity contribution in [3.63, 3.8) is 0 Å². The number of rotatable bonds is 1. The van der Waals surface area contributed by atoms with Gasteiger partial charge in [-0.3, -0.25) is 0 Å². The van der Waals surface area contributed by atoms with Crippen molar-refractivity contribution in [2.24, 2.45) is 5.92 Å². The summed E-state index contributed by atoms with van der Waals surface area (Å²) in [4.78, 5) is 0. The first-order chi connectivity index (χ1) is 10.2. The molecule has 1 fully saturated rings. The Balaban J connectivity index is 1.85. The van der Waals surface area contributed by atoms with E-state index in [1.165, 1.54) is 47.6 Å². The summed E-state index contributed by atoms with van der Waals surface area (Å²) in [6.45, 7) is 4.51. The molecule has 2 aromatic carbocycles. The lowest BCUT2D eigenvalue weighted by molar-refractivity contribution is 0.344. The third kappa shape index (κ3) is 2.16. The van der Waals surface area contributed by atoms with Gasteiger partial charge in [-0.2, -0.15) is 0 Å². The molecule has 0 radical (unpaired) electrons. The number of benzene rings is 2. The zero-order valence-electron chi connectivity index (χ0n) is 12.9. The summed E-state index contributed by atoms with van der Waals surface area (Å²) in [6, 6.07) is 13.3. The van der Waals surface area contributed by atoms with Gasteiger partial charge in [0, 0.05) is 10.8 Å². The summed E-state index contributed by atoms with van der Waals surface area (Å²) in [5.74, 6) is 1.59.